The van der Waals surface area contributed by atoms with Gasteiger partial charge in [0.25, 0.3) is 11.1 Å². The van der Waals surface area contributed by atoms with E-state index in [0.717, 1.165) is 31.4 Å². The lowest BCUT2D eigenvalue weighted by Gasteiger charge is -2.18. The normalized spacial score (nSPS) is 12.5. The minimum Gasteiger partial charge on any atom is -0.382 e. The van der Waals surface area contributed by atoms with Gasteiger partial charge in [-0.25, -0.2) is 0 Å². The minimum atomic E-state index is -0.273. The molecular weight excluding hydrogens is 254 g/mol. The minimum absolute atomic E-state index is 0.270. The van der Waals surface area contributed by atoms with Crippen LogP contribution in [0.3, 0.4) is 0 Å². The second-order valence-electron chi connectivity index (χ2n) is 5.03. The molecule has 0 aliphatic rings. The average molecular weight is 275 g/mol. The summed E-state index contributed by atoms with van der Waals surface area (Å²) in [4.78, 5) is 23.7. The van der Waals surface area contributed by atoms with Crippen molar-refractivity contribution >= 4 is 16.5 Å². The lowest BCUT2D eigenvalue weighted by molar-refractivity contribution is 0.594. The topological polar surface area (TPSA) is 77.8 Å². The van der Waals surface area contributed by atoms with Gasteiger partial charge in [0.2, 0.25) is 0 Å². The van der Waals surface area contributed by atoms with E-state index in [4.69, 9.17) is 0 Å². The molecule has 0 bridgehead atoms. The highest BCUT2D eigenvalue weighted by Gasteiger charge is 2.11. The van der Waals surface area contributed by atoms with E-state index < -0.39 is 0 Å². The summed E-state index contributed by atoms with van der Waals surface area (Å²) in [6.45, 7) is 4.28. The Hall–Kier alpha value is -2.04. The summed E-state index contributed by atoms with van der Waals surface area (Å²) in [5.74, 6) is 0. The van der Waals surface area contributed by atoms with Gasteiger partial charge in [0.05, 0.1) is 10.8 Å². The van der Waals surface area contributed by atoms with Crippen LogP contribution in [0.2, 0.25) is 0 Å². The van der Waals surface area contributed by atoms with Gasteiger partial charge in [-0.3, -0.25) is 19.8 Å². The molecule has 20 heavy (non-hydrogen) atoms. The molecule has 0 aliphatic carbocycles. The van der Waals surface area contributed by atoms with E-state index in [0.29, 0.717) is 16.8 Å². The molecule has 108 valence electrons. The van der Waals surface area contributed by atoms with Gasteiger partial charge in [-0.05, 0) is 25.0 Å². The number of hydrogen-bond acceptors (Lipinski definition) is 3. The number of unbranched alkanes of at least 4 members (excludes halogenated alkanes) is 1. The molecule has 2 aromatic rings. The molecule has 1 atom stereocenters. The maximum Gasteiger partial charge on any atom is 0.272 e. The van der Waals surface area contributed by atoms with Crippen LogP contribution >= 0.6 is 0 Å². The summed E-state index contributed by atoms with van der Waals surface area (Å²) in [5.41, 5.74) is 0.190. The summed E-state index contributed by atoms with van der Waals surface area (Å²) in [6.07, 6.45) is 4.34. The fourth-order valence-electron chi connectivity index (χ4n) is 2.40. The molecule has 0 saturated carbocycles. The Bertz CT molecular complexity index is 687. The van der Waals surface area contributed by atoms with Crippen LogP contribution in [0.4, 0.5) is 5.69 Å². The fourth-order valence-corrected chi connectivity index (χ4v) is 2.40. The highest BCUT2D eigenvalue weighted by molar-refractivity contribution is 5.92. The molecule has 1 unspecified atom stereocenters. The molecule has 5 nitrogen and oxygen atoms in total. The molecule has 3 N–H and O–H groups in total. The van der Waals surface area contributed by atoms with Crippen LogP contribution in [0.15, 0.2) is 27.8 Å². The van der Waals surface area contributed by atoms with Gasteiger partial charge >= 0.3 is 0 Å². The van der Waals surface area contributed by atoms with E-state index in [1.165, 1.54) is 0 Å². The van der Waals surface area contributed by atoms with Crippen molar-refractivity contribution in [1.82, 2.24) is 10.2 Å². The third-order valence-corrected chi connectivity index (χ3v) is 3.58. The predicted octanol–water partition coefficient (Wildman–Crippen LogP) is 2.60. The summed E-state index contributed by atoms with van der Waals surface area (Å²) < 4.78 is 0. The zero-order chi connectivity index (χ0) is 14.5. The summed E-state index contributed by atoms with van der Waals surface area (Å²) in [5, 5.41) is 8.99. The van der Waals surface area contributed by atoms with Crippen molar-refractivity contribution < 1.29 is 0 Å². The highest BCUT2D eigenvalue weighted by atomic mass is 16.1. The van der Waals surface area contributed by atoms with Crippen LogP contribution < -0.4 is 16.4 Å². The molecule has 0 fully saturated rings. The van der Waals surface area contributed by atoms with Crippen molar-refractivity contribution in [2.45, 2.75) is 45.6 Å². The smallest absolute Gasteiger partial charge is 0.272 e. The SMILES string of the molecule is CCCCC(CC)Nc1cccc2c(=O)[nH][nH]c(=O)c12. The quantitative estimate of drug-likeness (QED) is 0.758. The van der Waals surface area contributed by atoms with E-state index in [2.05, 4.69) is 29.4 Å². The number of H-pyrrole nitrogens is 2. The van der Waals surface area contributed by atoms with E-state index in [9.17, 15) is 9.59 Å². The van der Waals surface area contributed by atoms with Crippen molar-refractivity contribution in [2.75, 3.05) is 5.32 Å². The molecule has 2 rings (SSSR count). The summed E-state index contributed by atoms with van der Waals surface area (Å²) in [7, 11) is 0. The van der Waals surface area contributed by atoms with Gasteiger partial charge in [0, 0.05) is 11.7 Å². The van der Waals surface area contributed by atoms with Crippen molar-refractivity contribution in [1.29, 1.82) is 0 Å². The molecule has 0 amide bonds. The number of rotatable bonds is 6. The first kappa shape index (κ1) is 14.4. The van der Waals surface area contributed by atoms with Gasteiger partial charge in [0.15, 0.2) is 0 Å². The van der Waals surface area contributed by atoms with Crippen molar-refractivity contribution in [3.05, 3.63) is 38.9 Å². The number of fused-ring (bicyclic) bond motifs is 1. The van der Waals surface area contributed by atoms with E-state index >= 15 is 0 Å². The molecule has 0 spiro atoms. The molecule has 5 heteroatoms. The van der Waals surface area contributed by atoms with Crippen molar-refractivity contribution in [3.63, 3.8) is 0 Å². The van der Waals surface area contributed by atoms with Gasteiger partial charge in [-0.15, -0.1) is 0 Å². The third kappa shape index (κ3) is 2.92. The molecule has 0 radical (unpaired) electrons. The zero-order valence-electron chi connectivity index (χ0n) is 12.0. The third-order valence-electron chi connectivity index (χ3n) is 3.58. The Morgan fingerprint density at radius 1 is 1.15 bits per heavy atom. The average Bonchev–Trinajstić information content (AvgIpc) is 2.47. The molecule has 1 aromatic heterocycles. The van der Waals surface area contributed by atoms with Crippen LogP contribution in [0.1, 0.15) is 39.5 Å². The number of anilines is 1. The Morgan fingerprint density at radius 2 is 1.90 bits per heavy atom. The van der Waals surface area contributed by atoms with Gasteiger partial charge < -0.3 is 5.32 Å². The molecular formula is C15H21N3O2. The van der Waals surface area contributed by atoms with Crippen LogP contribution in [-0.4, -0.2) is 16.2 Å². The lowest BCUT2D eigenvalue weighted by Crippen LogP contribution is -2.23. The first-order chi connectivity index (χ1) is 9.67. The maximum absolute atomic E-state index is 12.0. The Kier molecular flexibility index (Phi) is 4.61. The Morgan fingerprint density at radius 3 is 2.60 bits per heavy atom. The van der Waals surface area contributed by atoms with Crippen LogP contribution in [-0.2, 0) is 0 Å². The summed E-state index contributed by atoms with van der Waals surface area (Å²) in [6, 6.07) is 5.64. The number of aromatic amines is 2. The monoisotopic (exact) mass is 275 g/mol. The summed E-state index contributed by atoms with van der Waals surface area (Å²) >= 11 is 0. The second-order valence-corrected chi connectivity index (χ2v) is 5.03. The van der Waals surface area contributed by atoms with Crippen molar-refractivity contribution in [3.8, 4) is 0 Å². The van der Waals surface area contributed by atoms with Crippen LogP contribution in [0.5, 0.6) is 0 Å². The first-order valence-electron chi connectivity index (χ1n) is 7.17. The maximum atomic E-state index is 12.0. The second kappa shape index (κ2) is 6.41. The number of benzene rings is 1. The standard InChI is InChI=1S/C15H21N3O2/c1-3-5-7-10(4-2)16-12-9-6-8-11-13(12)15(20)18-17-14(11)19/h6,8-10,16H,3-5,7H2,1-2H3,(H,17,19)(H,18,20). The predicted molar refractivity (Wildman–Crippen MR) is 82.4 cm³/mol. The van der Waals surface area contributed by atoms with Crippen molar-refractivity contribution in [2.24, 2.45) is 0 Å². The highest BCUT2D eigenvalue weighted by Crippen LogP contribution is 2.20. The van der Waals surface area contributed by atoms with Gasteiger partial charge in [-0.2, -0.15) is 0 Å². The Labute approximate surface area is 117 Å². The zero-order valence-corrected chi connectivity index (χ0v) is 12.0. The largest absolute Gasteiger partial charge is 0.382 e. The molecule has 0 saturated heterocycles. The van der Waals surface area contributed by atoms with Gasteiger partial charge in [-0.1, -0.05) is 32.8 Å². The molecule has 1 aromatic carbocycles. The number of hydrogen-bond donors (Lipinski definition) is 3. The van der Waals surface area contributed by atoms with E-state index in [1.807, 2.05) is 6.07 Å². The Balaban J connectivity index is 2.42. The van der Waals surface area contributed by atoms with E-state index in [-0.39, 0.29) is 11.1 Å². The molecule has 0 aliphatic heterocycles. The fraction of sp³-hybridized carbons (Fsp3) is 0.467. The lowest BCUT2D eigenvalue weighted by atomic mass is 10.1. The van der Waals surface area contributed by atoms with Crippen LogP contribution in [0.25, 0.3) is 10.8 Å². The van der Waals surface area contributed by atoms with E-state index in [1.54, 1.807) is 12.1 Å². The first-order valence-corrected chi connectivity index (χ1v) is 7.17. The van der Waals surface area contributed by atoms with Crippen LogP contribution in [0, 0.1) is 0 Å². The number of nitrogens with one attached hydrogen (secondary N) is 3. The molecule has 1 heterocycles. The number of aromatic nitrogens is 2. The van der Waals surface area contributed by atoms with Gasteiger partial charge in [0.1, 0.15) is 0 Å².